The van der Waals surface area contributed by atoms with E-state index < -0.39 is 0 Å². The Balaban J connectivity index is 1.71. The van der Waals surface area contributed by atoms with E-state index in [1.54, 1.807) is 0 Å². The lowest BCUT2D eigenvalue weighted by Gasteiger charge is -2.48. The summed E-state index contributed by atoms with van der Waals surface area (Å²) in [6.45, 7) is 9.85. The normalized spacial score (nSPS) is 40.1. The van der Waals surface area contributed by atoms with Crippen LogP contribution < -0.4 is 5.32 Å². The fourth-order valence-corrected chi connectivity index (χ4v) is 5.32. The lowest BCUT2D eigenvalue weighted by Crippen LogP contribution is -2.56. The van der Waals surface area contributed by atoms with E-state index in [2.05, 4.69) is 31.0 Å². The number of fused-ring (bicyclic) bond motifs is 1. The van der Waals surface area contributed by atoms with Crippen LogP contribution in [0.2, 0.25) is 0 Å². The molecule has 0 aromatic carbocycles. The zero-order valence-electron chi connectivity index (χ0n) is 14.5. The average molecular weight is 293 g/mol. The molecule has 2 heteroatoms. The number of hydrogen-bond acceptors (Lipinski definition) is 2. The van der Waals surface area contributed by atoms with Gasteiger partial charge in [0, 0.05) is 18.1 Å². The molecular formula is C19H36N2. The first kappa shape index (κ1) is 15.8. The SMILES string of the molecule is CCCNC1CCC(C)(C)CC1N1CCC2CCCCC21. The van der Waals surface area contributed by atoms with Gasteiger partial charge in [0.1, 0.15) is 0 Å². The number of likely N-dealkylation sites (tertiary alicyclic amines) is 1. The molecule has 2 aliphatic carbocycles. The van der Waals surface area contributed by atoms with Gasteiger partial charge in [0.25, 0.3) is 0 Å². The lowest BCUT2D eigenvalue weighted by atomic mass is 9.72. The van der Waals surface area contributed by atoms with Crippen molar-refractivity contribution in [3.63, 3.8) is 0 Å². The zero-order chi connectivity index (χ0) is 14.9. The molecule has 1 heterocycles. The van der Waals surface area contributed by atoms with Crippen LogP contribution in [0.5, 0.6) is 0 Å². The van der Waals surface area contributed by atoms with Crippen LogP contribution >= 0.6 is 0 Å². The molecule has 1 N–H and O–H groups in total. The molecule has 3 aliphatic rings. The standard InChI is InChI=1S/C19H36N2/c1-4-12-20-16-9-11-19(2,3)14-18(16)21-13-10-15-7-5-6-8-17(15)21/h15-18,20H,4-14H2,1-3H3. The van der Waals surface area contributed by atoms with Crippen LogP contribution in [0, 0.1) is 11.3 Å². The Bertz CT molecular complexity index is 338. The molecule has 1 aliphatic heterocycles. The first-order valence-corrected chi connectivity index (χ1v) is 9.60. The molecule has 1 saturated heterocycles. The molecule has 0 spiro atoms. The van der Waals surface area contributed by atoms with Gasteiger partial charge in [-0.3, -0.25) is 4.90 Å². The van der Waals surface area contributed by atoms with Gasteiger partial charge in [-0.2, -0.15) is 0 Å². The van der Waals surface area contributed by atoms with E-state index in [-0.39, 0.29) is 0 Å². The van der Waals surface area contributed by atoms with Crippen LogP contribution in [-0.2, 0) is 0 Å². The summed E-state index contributed by atoms with van der Waals surface area (Å²) < 4.78 is 0. The number of hydrogen-bond donors (Lipinski definition) is 1. The van der Waals surface area contributed by atoms with E-state index in [0.717, 1.165) is 24.0 Å². The molecule has 0 radical (unpaired) electrons. The van der Waals surface area contributed by atoms with E-state index in [1.165, 1.54) is 70.9 Å². The molecule has 21 heavy (non-hydrogen) atoms. The molecule has 0 amide bonds. The van der Waals surface area contributed by atoms with Crippen molar-refractivity contribution < 1.29 is 0 Å². The van der Waals surface area contributed by atoms with Crippen LogP contribution in [0.4, 0.5) is 0 Å². The highest BCUT2D eigenvalue weighted by atomic mass is 15.2. The first-order chi connectivity index (χ1) is 10.1. The third-order valence-electron chi connectivity index (χ3n) is 6.49. The quantitative estimate of drug-likeness (QED) is 0.835. The van der Waals surface area contributed by atoms with E-state index in [4.69, 9.17) is 0 Å². The van der Waals surface area contributed by atoms with Crippen molar-refractivity contribution in [3.05, 3.63) is 0 Å². The predicted molar refractivity (Wildman–Crippen MR) is 90.6 cm³/mol. The fourth-order valence-electron chi connectivity index (χ4n) is 5.32. The Hall–Kier alpha value is -0.0800. The maximum Gasteiger partial charge on any atom is 0.0257 e. The van der Waals surface area contributed by atoms with E-state index in [1.807, 2.05) is 0 Å². The Morgan fingerprint density at radius 1 is 1.05 bits per heavy atom. The molecule has 0 aromatic heterocycles. The van der Waals surface area contributed by atoms with Crippen LogP contribution in [0.25, 0.3) is 0 Å². The van der Waals surface area contributed by atoms with Crippen molar-refractivity contribution >= 4 is 0 Å². The van der Waals surface area contributed by atoms with Crippen molar-refractivity contribution in [3.8, 4) is 0 Å². The van der Waals surface area contributed by atoms with E-state index >= 15 is 0 Å². The highest BCUT2D eigenvalue weighted by molar-refractivity contribution is 5.00. The predicted octanol–water partition coefficient (Wildman–Crippen LogP) is 4.20. The topological polar surface area (TPSA) is 15.3 Å². The van der Waals surface area contributed by atoms with Gasteiger partial charge in [0.15, 0.2) is 0 Å². The van der Waals surface area contributed by atoms with Gasteiger partial charge < -0.3 is 5.32 Å². The van der Waals surface area contributed by atoms with Crippen LogP contribution in [0.15, 0.2) is 0 Å². The van der Waals surface area contributed by atoms with E-state index in [0.29, 0.717) is 5.41 Å². The van der Waals surface area contributed by atoms with Gasteiger partial charge >= 0.3 is 0 Å². The molecule has 2 nitrogen and oxygen atoms in total. The second kappa shape index (κ2) is 6.58. The molecule has 122 valence electrons. The highest BCUT2D eigenvalue weighted by Crippen LogP contribution is 2.43. The van der Waals surface area contributed by atoms with E-state index in [9.17, 15) is 0 Å². The number of nitrogens with one attached hydrogen (secondary N) is 1. The van der Waals surface area contributed by atoms with Gasteiger partial charge in [-0.15, -0.1) is 0 Å². The Labute approximate surface area is 132 Å². The van der Waals surface area contributed by atoms with Gasteiger partial charge in [0.05, 0.1) is 0 Å². The summed E-state index contributed by atoms with van der Waals surface area (Å²) in [6.07, 6.45) is 12.9. The smallest absolute Gasteiger partial charge is 0.0257 e. The molecule has 2 saturated carbocycles. The minimum absolute atomic E-state index is 0.543. The number of rotatable bonds is 4. The molecule has 3 rings (SSSR count). The van der Waals surface area contributed by atoms with Gasteiger partial charge in [0.2, 0.25) is 0 Å². The van der Waals surface area contributed by atoms with Crippen molar-refractivity contribution in [1.29, 1.82) is 0 Å². The Kier molecular flexibility index (Phi) is 4.95. The lowest BCUT2D eigenvalue weighted by molar-refractivity contribution is 0.0411. The molecular weight excluding hydrogens is 256 g/mol. The maximum atomic E-state index is 3.89. The minimum Gasteiger partial charge on any atom is -0.312 e. The van der Waals surface area contributed by atoms with Crippen LogP contribution in [0.3, 0.4) is 0 Å². The molecule has 4 unspecified atom stereocenters. The summed E-state index contributed by atoms with van der Waals surface area (Å²) in [7, 11) is 0. The number of nitrogens with zero attached hydrogens (tertiary/aromatic N) is 1. The Morgan fingerprint density at radius 3 is 2.67 bits per heavy atom. The third kappa shape index (κ3) is 3.47. The second-order valence-electron chi connectivity index (χ2n) is 8.67. The van der Waals surface area contributed by atoms with Crippen LogP contribution in [0.1, 0.15) is 78.6 Å². The van der Waals surface area contributed by atoms with Crippen molar-refractivity contribution in [2.24, 2.45) is 11.3 Å². The summed E-state index contributed by atoms with van der Waals surface area (Å²) >= 11 is 0. The summed E-state index contributed by atoms with van der Waals surface area (Å²) in [6, 6.07) is 2.47. The van der Waals surface area contributed by atoms with Gasteiger partial charge in [-0.05, 0) is 69.4 Å². The summed E-state index contributed by atoms with van der Waals surface area (Å²) in [5, 5.41) is 3.89. The van der Waals surface area contributed by atoms with Crippen molar-refractivity contribution in [1.82, 2.24) is 10.2 Å². The average Bonchev–Trinajstić information content (AvgIpc) is 2.89. The monoisotopic (exact) mass is 292 g/mol. The van der Waals surface area contributed by atoms with Crippen LogP contribution in [-0.4, -0.2) is 36.1 Å². The van der Waals surface area contributed by atoms with Gasteiger partial charge in [-0.25, -0.2) is 0 Å². The highest BCUT2D eigenvalue weighted by Gasteiger charge is 2.44. The zero-order valence-corrected chi connectivity index (χ0v) is 14.5. The largest absolute Gasteiger partial charge is 0.312 e. The molecule has 0 bridgehead atoms. The van der Waals surface area contributed by atoms with Crippen molar-refractivity contribution in [2.75, 3.05) is 13.1 Å². The fraction of sp³-hybridized carbons (Fsp3) is 1.00. The molecule has 3 fully saturated rings. The maximum absolute atomic E-state index is 3.89. The second-order valence-corrected chi connectivity index (χ2v) is 8.67. The summed E-state index contributed by atoms with van der Waals surface area (Å²) in [5.41, 5.74) is 0.543. The first-order valence-electron chi connectivity index (χ1n) is 9.60. The Morgan fingerprint density at radius 2 is 1.86 bits per heavy atom. The third-order valence-corrected chi connectivity index (χ3v) is 6.49. The molecule has 4 atom stereocenters. The molecule has 0 aromatic rings. The van der Waals surface area contributed by atoms with Gasteiger partial charge in [-0.1, -0.05) is 33.6 Å². The van der Waals surface area contributed by atoms with Crippen molar-refractivity contribution in [2.45, 2.75) is 96.7 Å². The summed E-state index contributed by atoms with van der Waals surface area (Å²) in [5.74, 6) is 1.02. The summed E-state index contributed by atoms with van der Waals surface area (Å²) in [4.78, 5) is 2.96. The minimum atomic E-state index is 0.543.